The van der Waals surface area contributed by atoms with Crippen LogP contribution in [0.3, 0.4) is 0 Å². The van der Waals surface area contributed by atoms with Crippen molar-refractivity contribution >= 4 is 6.21 Å². The van der Waals surface area contributed by atoms with E-state index in [-0.39, 0.29) is 0 Å². The van der Waals surface area contributed by atoms with Gasteiger partial charge in [-0.3, -0.25) is 0 Å². The normalized spacial score (nSPS) is 7.28. The smallest absolute Gasteiger partial charge is 0.0171 e. The van der Waals surface area contributed by atoms with E-state index in [1.54, 1.807) is 0 Å². The average Bonchev–Trinajstić information content (AvgIpc) is 2.43. The van der Waals surface area contributed by atoms with Crippen LogP contribution in [0.1, 0.15) is 68.7 Å². The zero-order valence-corrected chi connectivity index (χ0v) is 14.4. The molecule has 0 aliphatic rings. The Balaban J connectivity index is -0.0000000441. The molecule has 110 valence electrons. The first-order chi connectivity index (χ1) is 8.51. The largest absolute Gasteiger partial charge is 0.309 e. The lowest BCUT2D eigenvalue weighted by Gasteiger charge is -1.92. The van der Waals surface area contributed by atoms with Gasteiger partial charge < -0.3 is 5.41 Å². The van der Waals surface area contributed by atoms with Crippen molar-refractivity contribution < 1.29 is 0 Å². The van der Waals surface area contributed by atoms with Gasteiger partial charge >= 0.3 is 0 Å². The Labute approximate surface area is 117 Å². The van der Waals surface area contributed by atoms with Crippen LogP contribution in [0.5, 0.6) is 0 Å². The van der Waals surface area contributed by atoms with Gasteiger partial charge in [-0.1, -0.05) is 84.4 Å². The summed E-state index contributed by atoms with van der Waals surface area (Å²) in [5.41, 5.74) is 2.43. The maximum Gasteiger partial charge on any atom is 0.0171 e. The Hall–Kier alpha value is -1.11. The molecular formula is C17H37N. The zero-order valence-electron chi connectivity index (χ0n) is 14.4. The lowest BCUT2D eigenvalue weighted by molar-refractivity contribution is 1.09. The van der Waals surface area contributed by atoms with Crippen molar-refractivity contribution in [1.82, 2.24) is 0 Å². The minimum Gasteiger partial charge on any atom is -0.309 e. The molecule has 0 heterocycles. The van der Waals surface area contributed by atoms with Crippen LogP contribution in [0.15, 0.2) is 36.5 Å². The van der Waals surface area contributed by atoms with Crippen molar-refractivity contribution in [3.05, 3.63) is 36.5 Å². The van der Waals surface area contributed by atoms with E-state index < -0.39 is 0 Å². The molecule has 1 heteroatoms. The van der Waals surface area contributed by atoms with Crippen molar-refractivity contribution in [3.63, 3.8) is 0 Å². The zero-order chi connectivity index (χ0) is 16.0. The molecule has 0 rings (SSSR count). The monoisotopic (exact) mass is 255 g/mol. The molecular weight excluding hydrogens is 218 g/mol. The molecule has 0 unspecified atom stereocenters. The Morgan fingerprint density at radius 3 is 1.28 bits per heavy atom. The molecule has 0 fully saturated rings. The fourth-order valence-corrected chi connectivity index (χ4v) is 0.246. The summed E-state index contributed by atoms with van der Waals surface area (Å²) in [6.45, 7) is 25.3. The highest BCUT2D eigenvalue weighted by atomic mass is 14.3. The molecule has 0 radical (unpaired) electrons. The Kier molecular flexibility index (Phi) is 74.7. The summed E-state index contributed by atoms with van der Waals surface area (Å²) in [7, 11) is 0. The third-order valence-electron chi connectivity index (χ3n) is 1.22. The van der Waals surface area contributed by atoms with Crippen LogP contribution in [0.2, 0.25) is 0 Å². The van der Waals surface area contributed by atoms with E-state index in [1.165, 1.54) is 18.1 Å². The molecule has 18 heavy (non-hydrogen) atoms. The first-order valence-corrected chi connectivity index (χ1v) is 6.91. The van der Waals surface area contributed by atoms with Crippen molar-refractivity contribution in [3.8, 4) is 0 Å². The SMILES string of the molecule is C=C(C)/C(C)=C\C.C=CC=N.CC.CC.CCC. The van der Waals surface area contributed by atoms with Gasteiger partial charge in [0.2, 0.25) is 0 Å². The fraction of sp³-hybridized carbons (Fsp3) is 0.588. The molecule has 0 atom stereocenters. The first kappa shape index (κ1) is 30.2. The standard InChI is InChI=1S/C7H12.C3H5N.C3H8.2C2H6/c1-5-7(4)6(2)3;1-2-3-4;1-3-2;2*1-2/h5H,2H2,1,3-4H3;2-4H,1H2;3H2,1-2H3;2*1-2H3/b7-5-;;;;. The van der Waals surface area contributed by atoms with Crippen molar-refractivity contribution in [2.24, 2.45) is 0 Å². The molecule has 0 saturated carbocycles. The van der Waals surface area contributed by atoms with Gasteiger partial charge in [0.05, 0.1) is 0 Å². The van der Waals surface area contributed by atoms with E-state index >= 15 is 0 Å². The average molecular weight is 255 g/mol. The number of hydrogen-bond acceptors (Lipinski definition) is 1. The second kappa shape index (κ2) is 44.6. The lowest BCUT2D eigenvalue weighted by atomic mass is 10.2. The van der Waals surface area contributed by atoms with E-state index in [2.05, 4.69) is 40.0 Å². The highest BCUT2D eigenvalue weighted by Crippen LogP contribution is 2.02. The van der Waals surface area contributed by atoms with Crippen LogP contribution in [-0.2, 0) is 0 Å². The highest BCUT2D eigenvalue weighted by Gasteiger charge is 1.81. The summed E-state index contributed by atoms with van der Waals surface area (Å²) < 4.78 is 0. The maximum atomic E-state index is 6.21. The van der Waals surface area contributed by atoms with Crippen LogP contribution in [0.25, 0.3) is 0 Å². The Bertz CT molecular complexity index is 170. The minimum absolute atomic E-state index is 1.14. The van der Waals surface area contributed by atoms with E-state index in [4.69, 9.17) is 5.41 Å². The van der Waals surface area contributed by atoms with Gasteiger partial charge in [0.1, 0.15) is 0 Å². The summed E-state index contributed by atoms with van der Waals surface area (Å²) >= 11 is 0. The van der Waals surface area contributed by atoms with Gasteiger partial charge in [0.15, 0.2) is 0 Å². The highest BCUT2D eigenvalue weighted by molar-refractivity contribution is 5.66. The molecule has 1 N–H and O–H groups in total. The third-order valence-corrected chi connectivity index (χ3v) is 1.22. The predicted octanol–water partition coefficient (Wildman–Crippen LogP) is 6.82. The van der Waals surface area contributed by atoms with E-state index in [1.807, 2.05) is 41.5 Å². The molecule has 0 spiro atoms. The summed E-state index contributed by atoms with van der Waals surface area (Å²) in [5, 5.41) is 6.21. The molecule has 0 aromatic carbocycles. The van der Waals surface area contributed by atoms with Gasteiger partial charge in [0.25, 0.3) is 0 Å². The van der Waals surface area contributed by atoms with Crippen molar-refractivity contribution in [2.75, 3.05) is 0 Å². The van der Waals surface area contributed by atoms with Crippen LogP contribution >= 0.6 is 0 Å². The van der Waals surface area contributed by atoms with Crippen LogP contribution in [-0.4, -0.2) is 6.21 Å². The molecule has 0 aromatic rings. The van der Waals surface area contributed by atoms with Gasteiger partial charge in [0, 0.05) is 6.21 Å². The second-order valence-electron chi connectivity index (χ2n) is 2.86. The molecule has 0 saturated heterocycles. The predicted molar refractivity (Wildman–Crippen MR) is 91.9 cm³/mol. The quantitative estimate of drug-likeness (QED) is 0.413. The second-order valence-corrected chi connectivity index (χ2v) is 2.86. The van der Waals surface area contributed by atoms with E-state index in [0.717, 1.165) is 11.8 Å². The van der Waals surface area contributed by atoms with Crippen molar-refractivity contribution in [1.29, 1.82) is 5.41 Å². The van der Waals surface area contributed by atoms with Gasteiger partial charge in [-0.05, 0) is 20.8 Å². The summed E-state index contributed by atoms with van der Waals surface area (Å²) in [6, 6.07) is 0. The van der Waals surface area contributed by atoms with Crippen LogP contribution in [0, 0.1) is 5.41 Å². The molecule has 0 aromatic heterocycles. The number of nitrogens with one attached hydrogen (secondary N) is 1. The molecule has 1 nitrogen and oxygen atoms in total. The Morgan fingerprint density at radius 1 is 1.06 bits per heavy atom. The number of rotatable bonds is 2. The minimum atomic E-state index is 1.14. The summed E-state index contributed by atoms with van der Waals surface area (Å²) in [6.07, 6.45) is 5.86. The van der Waals surface area contributed by atoms with Crippen molar-refractivity contribution in [2.45, 2.75) is 68.7 Å². The number of allylic oxidation sites excluding steroid dienone is 4. The lowest BCUT2D eigenvalue weighted by Crippen LogP contribution is -1.71. The van der Waals surface area contributed by atoms with E-state index in [0.29, 0.717) is 0 Å². The Morgan fingerprint density at radius 2 is 1.28 bits per heavy atom. The summed E-state index contributed by atoms with van der Waals surface area (Å²) in [4.78, 5) is 0. The van der Waals surface area contributed by atoms with Crippen LogP contribution in [0.4, 0.5) is 0 Å². The van der Waals surface area contributed by atoms with Gasteiger partial charge in [-0.15, -0.1) is 0 Å². The van der Waals surface area contributed by atoms with Crippen LogP contribution < -0.4 is 0 Å². The van der Waals surface area contributed by atoms with Gasteiger partial charge in [-0.2, -0.15) is 0 Å². The molecule has 0 aliphatic carbocycles. The summed E-state index contributed by atoms with van der Waals surface area (Å²) in [5.74, 6) is 0. The molecule has 0 aliphatic heterocycles. The molecule has 0 amide bonds. The maximum absolute atomic E-state index is 6.21. The first-order valence-electron chi connectivity index (χ1n) is 6.91. The third kappa shape index (κ3) is 82.8. The van der Waals surface area contributed by atoms with Gasteiger partial charge in [-0.25, -0.2) is 0 Å². The fourth-order valence-electron chi connectivity index (χ4n) is 0.246. The number of hydrogen-bond donors (Lipinski definition) is 1. The topological polar surface area (TPSA) is 23.9 Å². The molecule has 0 bridgehead atoms. The van der Waals surface area contributed by atoms with E-state index in [9.17, 15) is 0 Å².